The molecule has 2 aromatic carbocycles. The standard InChI is InChI=1S/C30H32O12/c1-27-14-29(36)19-12-30(27,28(19,26(41-27)42-29)15-38-24(35)17-10-6-3-7-11-17)40-25-22(33)21(32)20(31)18(39-25)13-37-23(34)16-8-4-2-5-9-16/h2-11,18-22,25-26,31-33,36H,12-15H2,1H3/t18-,19-,20-,21-,22-,25-,26-,27-,28-,29-,30+/m1/s1. The van der Waals surface area contributed by atoms with E-state index < -0.39 is 83.9 Å². The Kier molecular flexibility index (Phi) is 6.32. The molecule has 4 N–H and O–H groups in total. The van der Waals surface area contributed by atoms with E-state index in [1.54, 1.807) is 67.6 Å². The molecule has 12 nitrogen and oxygen atoms in total. The minimum atomic E-state index is -1.69. The summed E-state index contributed by atoms with van der Waals surface area (Å²) in [5, 5.41) is 43.6. The SMILES string of the molecule is C[C@]12C[C@@]3(O)O[C@@H](O1)[C@@]1(COC(=O)c4ccccc4)[C@H]3C[C@@]12O[C@H]1O[C@H](COC(=O)c2ccccc2)[C@@H](O)[C@@H](O)[C@H]1O. The molecule has 7 fully saturated rings. The van der Waals surface area contributed by atoms with Crippen molar-refractivity contribution in [3.63, 3.8) is 0 Å². The summed E-state index contributed by atoms with van der Waals surface area (Å²) in [4.78, 5) is 25.4. The Balaban J connectivity index is 1.13. The highest BCUT2D eigenvalue weighted by Gasteiger charge is 2.94. The van der Waals surface area contributed by atoms with E-state index in [1.165, 1.54) is 0 Å². The molecule has 224 valence electrons. The van der Waals surface area contributed by atoms with Gasteiger partial charge >= 0.3 is 11.9 Å². The van der Waals surface area contributed by atoms with Crippen LogP contribution >= 0.6 is 0 Å². The summed E-state index contributed by atoms with van der Waals surface area (Å²) in [5.41, 5.74) is -2.88. The summed E-state index contributed by atoms with van der Waals surface area (Å²) in [7, 11) is 0. The van der Waals surface area contributed by atoms with Gasteiger partial charge in [-0.3, -0.25) is 0 Å². The number of hydrogen-bond donors (Lipinski definition) is 4. The molecule has 9 rings (SSSR count). The molecule has 0 unspecified atom stereocenters. The van der Waals surface area contributed by atoms with Gasteiger partial charge in [0.2, 0.25) is 0 Å². The van der Waals surface area contributed by atoms with Gasteiger partial charge in [-0.2, -0.15) is 0 Å². The summed E-state index contributed by atoms with van der Waals surface area (Å²) < 4.78 is 35.7. The van der Waals surface area contributed by atoms with Crippen molar-refractivity contribution in [3.8, 4) is 0 Å². The molecule has 3 saturated carbocycles. The lowest BCUT2D eigenvalue weighted by atomic mass is 9.41. The maximum absolute atomic E-state index is 12.9. The molecule has 0 spiro atoms. The second kappa shape index (κ2) is 9.53. The molecule has 4 saturated heterocycles. The molecule has 2 aromatic rings. The van der Waals surface area contributed by atoms with Gasteiger partial charge < -0.3 is 48.8 Å². The normalized spacial score (nSPS) is 44.5. The zero-order valence-electron chi connectivity index (χ0n) is 22.7. The molecular weight excluding hydrogens is 552 g/mol. The van der Waals surface area contributed by atoms with Crippen molar-refractivity contribution >= 4 is 11.9 Å². The van der Waals surface area contributed by atoms with Crippen molar-refractivity contribution in [1.29, 1.82) is 0 Å². The van der Waals surface area contributed by atoms with Gasteiger partial charge in [0.15, 0.2) is 18.4 Å². The van der Waals surface area contributed by atoms with E-state index in [0.717, 1.165) is 0 Å². The number of benzene rings is 2. The first kappa shape index (κ1) is 27.9. The van der Waals surface area contributed by atoms with Crippen LogP contribution in [0.4, 0.5) is 0 Å². The van der Waals surface area contributed by atoms with Crippen LogP contribution < -0.4 is 0 Å². The number of aliphatic hydroxyl groups is 4. The fourth-order valence-electron chi connectivity index (χ4n) is 7.68. The largest absolute Gasteiger partial charge is 0.461 e. The van der Waals surface area contributed by atoms with Gasteiger partial charge in [-0.05, 0) is 37.6 Å². The maximum Gasteiger partial charge on any atom is 0.338 e. The number of rotatable bonds is 8. The predicted molar refractivity (Wildman–Crippen MR) is 138 cm³/mol. The van der Waals surface area contributed by atoms with E-state index >= 15 is 0 Å². The third-order valence-corrected chi connectivity index (χ3v) is 9.78. The number of carbonyl (C=O) groups is 2. The van der Waals surface area contributed by atoms with E-state index in [-0.39, 0.29) is 19.4 Å². The summed E-state index contributed by atoms with van der Waals surface area (Å²) in [5.74, 6) is -3.25. The average molecular weight is 585 g/mol. The van der Waals surface area contributed by atoms with Crippen LogP contribution in [0.1, 0.15) is 40.5 Å². The van der Waals surface area contributed by atoms with E-state index in [9.17, 15) is 30.0 Å². The van der Waals surface area contributed by atoms with E-state index in [4.69, 9.17) is 28.4 Å². The molecular formula is C30H32O12. The first-order chi connectivity index (χ1) is 20.0. The second-order valence-electron chi connectivity index (χ2n) is 12.0. The van der Waals surface area contributed by atoms with Crippen molar-refractivity contribution in [2.45, 2.75) is 73.8 Å². The lowest BCUT2D eigenvalue weighted by Crippen LogP contribution is -2.80. The first-order valence-electron chi connectivity index (χ1n) is 13.9. The fraction of sp³-hybridized carbons (Fsp3) is 0.533. The van der Waals surface area contributed by atoms with Gasteiger partial charge in [-0.25, -0.2) is 9.59 Å². The Labute approximate surface area is 240 Å². The van der Waals surface area contributed by atoms with Gasteiger partial charge in [0.05, 0.1) is 16.5 Å². The number of esters is 2. The molecule has 4 heterocycles. The molecule has 7 aliphatic rings. The van der Waals surface area contributed by atoms with Gasteiger partial charge in [-0.1, -0.05) is 36.4 Å². The number of ether oxygens (including phenoxy) is 6. The van der Waals surface area contributed by atoms with Gasteiger partial charge in [0.1, 0.15) is 48.8 Å². The van der Waals surface area contributed by atoms with E-state index in [0.29, 0.717) is 11.1 Å². The molecule has 0 radical (unpaired) electrons. The molecule has 0 aromatic heterocycles. The molecule has 4 aliphatic heterocycles. The van der Waals surface area contributed by atoms with Crippen LogP contribution in [0.2, 0.25) is 0 Å². The summed E-state index contributed by atoms with van der Waals surface area (Å²) in [6, 6.07) is 16.7. The third kappa shape index (κ3) is 3.70. The first-order valence-corrected chi connectivity index (χ1v) is 13.9. The summed E-state index contributed by atoms with van der Waals surface area (Å²) in [6.45, 7) is 1.12. The molecule has 0 amide bonds. The molecule has 12 heteroatoms. The van der Waals surface area contributed by atoms with Crippen LogP contribution in [0.15, 0.2) is 60.7 Å². The molecule has 6 bridgehead atoms. The Morgan fingerprint density at radius 1 is 0.881 bits per heavy atom. The Morgan fingerprint density at radius 3 is 2.14 bits per heavy atom. The fourth-order valence-corrected chi connectivity index (χ4v) is 7.68. The molecule has 42 heavy (non-hydrogen) atoms. The lowest BCUT2D eigenvalue weighted by molar-refractivity contribution is -0.424. The average Bonchev–Trinajstić information content (AvgIpc) is 3.18. The minimum Gasteiger partial charge on any atom is -0.461 e. The van der Waals surface area contributed by atoms with Crippen LogP contribution in [-0.2, 0) is 28.4 Å². The quantitative estimate of drug-likeness (QED) is 0.318. The summed E-state index contributed by atoms with van der Waals surface area (Å²) in [6.07, 6.45) is -8.34. The number of hydrogen-bond acceptors (Lipinski definition) is 12. The highest BCUT2D eigenvalue weighted by Crippen LogP contribution is 2.81. The van der Waals surface area contributed by atoms with Crippen LogP contribution in [0.25, 0.3) is 0 Å². The van der Waals surface area contributed by atoms with Gasteiger partial charge in [0, 0.05) is 12.3 Å². The zero-order chi connectivity index (χ0) is 29.5. The van der Waals surface area contributed by atoms with Crippen LogP contribution in [0.3, 0.4) is 0 Å². The predicted octanol–water partition coefficient (Wildman–Crippen LogP) is 0.507. The monoisotopic (exact) mass is 584 g/mol. The minimum absolute atomic E-state index is 0.0572. The van der Waals surface area contributed by atoms with Crippen LogP contribution in [-0.4, -0.2) is 99.6 Å². The van der Waals surface area contributed by atoms with Crippen molar-refractivity contribution in [1.82, 2.24) is 0 Å². The van der Waals surface area contributed by atoms with E-state index in [1.807, 2.05) is 0 Å². The third-order valence-electron chi connectivity index (χ3n) is 9.78. The molecule has 3 aliphatic carbocycles. The number of carbonyl (C=O) groups excluding carboxylic acids is 2. The Hall–Kier alpha value is -2.94. The smallest absolute Gasteiger partial charge is 0.338 e. The zero-order valence-corrected chi connectivity index (χ0v) is 22.7. The maximum atomic E-state index is 12.9. The lowest BCUT2D eigenvalue weighted by Gasteiger charge is -2.67. The number of aliphatic hydroxyl groups excluding tert-OH is 3. The molecule has 11 atom stereocenters. The van der Waals surface area contributed by atoms with E-state index in [2.05, 4.69) is 0 Å². The Bertz CT molecular complexity index is 1370. The Morgan fingerprint density at radius 2 is 1.50 bits per heavy atom. The van der Waals surface area contributed by atoms with Crippen molar-refractivity contribution in [2.75, 3.05) is 13.2 Å². The topological polar surface area (TPSA) is 170 Å². The van der Waals surface area contributed by atoms with Crippen molar-refractivity contribution in [3.05, 3.63) is 71.8 Å². The van der Waals surface area contributed by atoms with Gasteiger partial charge in [-0.15, -0.1) is 0 Å². The van der Waals surface area contributed by atoms with Crippen molar-refractivity contribution in [2.24, 2.45) is 11.3 Å². The van der Waals surface area contributed by atoms with Crippen molar-refractivity contribution < 1.29 is 58.4 Å². The van der Waals surface area contributed by atoms with Gasteiger partial charge in [0.25, 0.3) is 0 Å². The van der Waals surface area contributed by atoms with Crippen LogP contribution in [0.5, 0.6) is 0 Å². The highest BCUT2D eigenvalue weighted by atomic mass is 16.8. The highest BCUT2D eigenvalue weighted by molar-refractivity contribution is 5.89. The second-order valence-corrected chi connectivity index (χ2v) is 12.0. The summed E-state index contributed by atoms with van der Waals surface area (Å²) >= 11 is 0. The van der Waals surface area contributed by atoms with Crippen LogP contribution in [0, 0.1) is 11.3 Å².